The Kier molecular flexibility index (Phi) is 9.09. The second-order valence-corrected chi connectivity index (χ2v) is 11.2. The Morgan fingerprint density at radius 1 is 1.23 bits per heavy atom. The predicted molar refractivity (Wildman–Crippen MR) is 132 cm³/mol. The molecule has 1 aromatic carbocycles. The van der Waals surface area contributed by atoms with Gasteiger partial charge in [0, 0.05) is 27.2 Å². The molecule has 10 nitrogen and oxygen atoms in total. The molecule has 0 aliphatic heterocycles. The zero-order valence-corrected chi connectivity index (χ0v) is 21.9. The molecule has 14 heteroatoms. The lowest BCUT2D eigenvalue weighted by atomic mass is 10.1. The first-order valence-corrected chi connectivity index (χ1v) is 13.6. The molecule has 188 valence electrons. The van der Waals surface area contributed by atoms with Gasteiger partial charge in [-0.1, -0.05) is 54.9 Å². The van der Waals surface area contributed by atoms with Gasteiger partial charge >= 0.3 is 13.7 Å². The number of imidazole rings is 1. The first-order chi connectivity index (χ1) is 16.4. The van der Waals surface area contributed by atoms with Gasteiger partial charge in [-0.05, 0) is 29.7 Å². The number of amides is 1. The number of carbonyl (C=O) groups excluding carboxylic acids is 1. The van der Waals surface area contributed by atoms with Crippen LogP contribution in [0, 0.1) is 0 Å². The lowest BCUT2D eigenvalue weighted by Gasteiger charge is -2.14. The van der Waals surface area contributed by atoms with E-state index in [-0.39, 0.29) is 18.4 Å². The summed E-state index contributed by atoms with van der Waals surface area (Å²) in [5.74, 6) is 0.596. The number of primary amides is 1. The number of nitrogens with zero attached hydrogens (tertiary/aromatic N) is 3. The van der Waals surface area contributed by atoms with Gasteiger partial charge in [0.1, 0.15) is 10.9 Å². The first-order valence-electron chi connectivity index (χ1n) is 10.2. The molecule has 0 spiro atoms. The maximum atomic E-state index is 11.3. The number of hydrogen-bond donors (Lipinski definition) is 3. The lowest BCUT2D eigenvalue weighted by Crippen LogP contribution is -2.15. The van der Waals surface area contributed by atoms with Gasteiger partial charge in [0.25, 0.3) is 0 Å². The fraction of sp³-hybridized carbons (Fsp3) is 0.286. The van der Waals surface area contributed by atoms with E-state index < -0.39 is 20.0 Å². The van der Waals surface area contributed by atoms with Crippen molar-refractivity contribution >= 4 is 48.7 Å². The number of rotatable bonds is 10. The highest BCUT2D eigenvalue weighted by Gasteiger charge is 2.22. The zero-order chi connectivity index (χ0) is 25.8. The van der Waals surface area contributed by atoms with Crippen molar-refractivity contribution in [1.29, 1.82) is 0 Å². The third-order valence-corrected chi connectivity index (χ3v) is 6.48. The van der Waals surface area contributed by atoms with E-state index in [4.69, 9.17) is 53.2 Å². The molecule has 2 aromatic heterocycles. The summed E-state index contributed by atoms with van der Waals surface area (Å²) in [5, 5.41) is 1.78. The van der Waals surface area contributed by atoms with Crippen LogP contribution in [0.15, 0.2) is 46.5 Å². The second-order valence-electron chi connectivity index (χ2n) is 7.72. The Hall–Kier alpha value is -2.27. The van der Waals surface area contributed by atoms with Gasteiger partial charge < -0.3 is 29.6 Å². The summed E-state index contributed by atoms with van der Waals surface area (Å²) in [6.07, 6.45) is -0.168. The second kappa shape index (κ2) is 11.6. The van der Waals surface area contributed by atoms with Gasteiger partial charge in [-0.2, -0.15) is 0 Å². The van der Waals surface area contributed by atoms with Gasteiger partial charge in [-0.25, -0.2) is 14.8 Å². The molecule has 0 atom stereocenters. The largest absolute Gasteiger partial charge is 0.465 e. The van der Waals surface area contributed by atoms with Crippen LogP contribution in [0.5, 0.6) is 5.88 Å². The van der Waals surface area contributed by atoms with Crippen molar-refractivity contribution < 1.29 is 28.6 Å². The van der Waals surface area contributed by atoms with Crippen molar-refractivity contribution in [2.75, 3.05) is 6.35 Å². The molecule has 0 saturated carbocycles. The highest BCUT2D eigenvalue weighted by molar-refractivity contribution is 7.99. The fourth-order valence-electron chi connectivity index (χ4n) is 3.02. The van der Waals surface area contributed by atoms with E-state index in [1.165, 1.54) is 24.0 Å². The number of ether oxygens (including phenoxy) is 2. The van der Waals surface area contributed by atoms with Crippen molar-refractivity contribution in [3.8, 4) is 5.88 Å². The topological polar surface area (TPSA) is 150 Å². The third-order valence-electron chi connectivity index (χ3n) is 4.49. The van der Waals surface area contributed by atoms with Gasteiger partial charge in [-0.3, -0.25) is 4.57 Å². The molecule has 0 unspecified atom stereocenters. The minimum Gasteiger partial charge on any atom is -0.465 e. The Bertz CT molecular complexity index is 1230. The van der Waals surface area contributed by atoms with Crippen molar-refractivity contribution in [1.82, 2.24) is 14.5 Å². The van der Waals surface area contributed by atoms with Crippen LogP contribution in [0.3, 0.4) is 0 Å². The molecule has 4 N–H and O–H groups in total. The summed E-state index contributed by atoms with van der Waals surface area (Å²) in [6, 6.07) is 8.43. The number of halogens is 2. The number of carbonyl (C=O) groups is 1. The summed E-state index contributed by atoms with van der Waals surface area (Å²) >= 11 is 13.8. The molecular weight excluding hydrogens is 538 g/mol. The molecule has 0 saturated heterocycles. The number of hydrogen-bond acceptors (Lipinski definition) is 7. The summed E-state index contributed by atoms with van der Waals surface area (Å²) in [5.41, 5.74) is 6.69. The van der Waals surface area contributed by atoms with E-state index >= 15 is 0 Å². The number of nitrogens with two attached hydrogens (primary N) is 1. The summed E-state index contributed by atoms with van der Waals surface area (Å²) in [4.78, 5) is 38.8. The molecule has 3 aromatic rings. The molecule has 0 aliphatic rings. The highest BCUT2D eigenvalue weighted by Crippen LogP contribution is 2.38. The van der Waals surface area contributed by atoms with Gasteiger partial charge in [-0.15, -0.1) is 0 Å². The Morgan fingerprint density at radius 3 is 2.46 bits per heavy atom. The van der Waals surface area contributed by atoms with Crippen LogP contribution >= 0.6 is 42.6 Å². The zero-order valence-electron chi connectivity index (χ0n) is 18.7. The summed E-state index contributed by atoms with van der Waals surface area (Å²) < 4.78 is 22.9. The molecule has 0 bridgehead atoms. The van der Waals surface area contributed by atoms with Crippen LogP contribution in [0.25, 0.3) is 0 Å². The SMILES string of the molecule is CC(C)c1nc(COC(N)=O)n(Cc2ccc(OCP(=O)(O)O)nc2)c1Sc1cc(Cl)cc(Cl)c1. The quantitative estimate of drug-likeness (QED) is 0.290. The maximum absolute atomic E-state index is 11.3. The number of benzene rings is 1. The van der Waals surface area contributed by atoms with Crippen LogP contribution in [-0.2, 0) is 22.5 Å². The smallest absolute Gasteiger partial charge is 0.404 e. The molecule has 0 fully saturated rings. The van der Waals surface area contributed by atoms with Crippen LogP contribution < -0.4 is 10.5 Å². The Balaban J connectivity index is 1.98. The predicted octanol–water partition coefficient (Wildman–Crippen LogP) is 5.02. The van der Waals surface area contributed by atoms with Crippen molar-refractivity contribution in [3.63, 3.8) is 0 Å². The first kappa shape index (κ1) is 27.3. The standard InChI is InChI=1S/C21H23Cl2N4O6PS/c1-12(2)19-20(35-16-6-14(22)5-15(23)7-16)27(17(26-19)10-32-21(24)28)9-13-3-4-18(25-8-13)33-11-34(29,30)31/h3-8,12H,9-11H2,1-2H3,(H2,24,28)(H2,29,30,31). The lowest BCUT2D eigenvalue weighted by molar-refractivity contribution is 0.145. The average molecular weight is 561 g/mol. The maximum Gasteiger partial charge on any atom is 0.404 e. The highest BCUT2D eigenvalue weighted by atomic mass is 35.5. The molecule has 0 aliphatic carbocycles. The van der Waals surface area contributed by atoms with E-state index in [2.05, 4.69) is 4.98 Å². The van der Waals surface area contributed by atoms with Crippen LogP contribution in [0.4, 0.5) is 4.79 Å². The third kappa shape index (κ3) is 8.13. The van der Waals surface area contributed by atoms with Crippen LogP contribution in [-0.4, -0.2) is 36.8 Å². The molecular formula is C21H23Cl2N4O6PS. The normalized spacial score (nSPS) is 11.6. The van der Waals surface area contributed by atoms with Crippen molar-refractivity contribution in [2.24, 2.45) is 5.73 Å². The summed E-state index contributed by atoms with van der Waals surface area (Å²) in [7, 11) is -4.32. The van der Waals surface area contributed by atoms with E-state index in [0.717, 1.165) is 21.2 Å². The Labute approximate surface area is 215 Å². The van der Waals surface area contributed by atoms with Crippen LogP contribution in [0.1, 0.15) is 36.8 Å². The van der Waals surface area contributed by atoms with Crippen LogP contribution in [0.2, 0.25) is 10.0 Å². The Morgan fingerprint density at radius 2 is 1.91 bits per heavy atom. The minimum atomic E-state index is -4.32. The van der Waals surface area contributed by atoms with E-state index in [0.29, 0.717) is 22.4 Å². The van der Waals surface area contributed by atoms with Gasteiger partial charge in [0.05, 0.1) is 12.2 Å². The monoisotopic (exact) mass is 560 g/mol. The van der Waals surface area contributed by atoms with E-state index in [1.807, 2.05) is 18.4 Å². The van der Waals surface area contributed by atoms with Crippen molar-refractivity contribution in [3.05, 3.63) is 63.7 Å². The number of aromatic nitrogens is 3. The van der Waals surface area contributed by atoms with Gasteiger partial charge in [0.15, 0.2) is 13.0 Å². The van der Waals surface area contributed by atoms with Crippen molar-refractivity contribution in [2.45, 2.75) is 42.8 Å². The molecule has 0 radical (unpaired) electrons. The van der Waals surface area contributed by atoms with Gasteiger partial charge in [0.2, 0.25) is 5.88 Å². The average Bonchev–Trinajstić information content (AvgIpc) is 3.08. The number of pyridine rings is 1. The van der Waals surface area contributed by atoms with E-state index in [1.54, 1.807) is 24.3 Å². The summed E-state index contributed by atoms with van der Waals surface area (Å²) in [6.45, 7) is 4.16. The molecule has 1 amide bonds. The molecule has 2 heterocycles. The molecule has 3 rings (SSSR count). The minimum absolute atomic E-state index is 0.0438. The molecule has 35 heavy (non-hydrogen) atoms. The van der Waals surface area contributed by atoms with E-state index in [9.17, 15) is 9.36 Å². The fourth-order valence-corrected chi connectivity index (χ4v) is 5.23.